The molecule has 0 unspecified atom stereocenters. The Balaban J connectivity index is 2.01. The first-order chi connectivity index (χ1) is 15.9. The zero-order valence-corrected chi connectivity index (χ0v) is 19.0. The van der Waals surface area contributed by atoms with E-state index >= 15 is 0 Å². The van der Waals surface area contributed by atoms with Crippen molar-refractivity contribution in [1.82, 2.24) is 9.88 Å². The van der Waals surface area contributed by atoms with Gasteiger partial charge in [-0.2, -0.15) is 0 Å². The topological polar surface area (TPSA) is 121 Å². The molecule has 4 N–H and O–H groups in total. The molecular formula is C24H27ClN2O6. The lowest BCUT2D eigenvalue weighted by atomic mass is 10.0. The van der Waals surface area contributed by atoms with Gasteiger partial charge in [-0.25, -0.2) is 0 Å². The number of amides is 1. The molecule has 176 valence electrons. The van der Waals surface area contributed by atoms with Crippen LogP contribution in [0.25, 0.3) is 10.9 Å². The van der Waals surface area contributed by atoms with Crippen LogP contribution >= 0.6 is 11.6 Å². The van der Waals surface area contributed by atoms with E-state index in [1.165, 1.54) is 6.20 Å². The summed E-state index contributed by atoms with van der Waals surface area (Å²) in [5.74, 6) is -0.208. The molecule has 0 aliphatic rings. The van der Waals surface area contributed by atoms with Crippen molar-refractivity contribution < 1.29 is 24.9 Å². The molecule has 0 aliphatic heterocycles. The molecule has 9 heteroatoms. The van der Waals surface area contributed by atoms with E-state index in [0.717, 1.165) is 11.1 Å². The quantitative estimate of drug-likeness (QED) is 0.355. The average Bonchev–Trinajstić information content (AvgIpc) is 2.82. The number of hydrogen-bond acceptors (Lipinski definition) is 6. The van der Waals surface area contributed by atoms with Crippen LogP contribution in [0.5, 0.6) is 5.75 Å². The number of aliphatic hydroxyl groups is 3. The zero-order chi connectivity index (χ0) is 24.0. The number of aryl methyl sites for hydroxylation is 2. The highest BCUT2D eigenvalue weighted by molar-refractivity contribution is 6.30. The summed E-state index contributed by atoms with van der Waals surface area (Å²) in [7, 11) is 1.69. The molecular weight excluding hydrogens is 448 g/mol. The van der Waals surface area contributed by atoms with E-state index in [9.17, 15) is 24.9 Å². The minimum Gasteiger partial charge on any atom is -0.483 e. The van der Waals surface area contributed by atoms with Gasteiger partial charge in [0.25, 0.3) is 5.91 Å². The van der Waals surface area contributed by atoms with E-state index in [1.54, 1.807) is 48.0 Å². The fourth-order valence-corrected chi connectivity index (χ4v) is 3.66. The molecule has 0 spiro atoms. The lowest BCUT2D eigenvalue weighted by Gasteiger charge is -2.19. The van der Waals surface area contributed by atoms with Crippen LogP contribution in [-0.2, 0) is 20.0 Å². The van der Waals surface area contributed by atoms with Gasteiger partial charge in [-0.1, -0.05) is 23.7 Å². The van der Waals surface area contributed by atoms with E-state index in [0.29, 0.717) is 29.1 Å². The summed E-state index contributed by atoms with van der Waals surface area (Å²) < 4.78 is 7.38. The van der Waals surface area contributed by atoms with Crippen molar-refractivity contribution in [2.75, 3.05) is 19.8 Å². The number of fused-ring (bicyclic) bond motifs is 1. The fourth-order valence-electron chi connectivity index (χ4n) is 3.53. The molecule has 0 saturated carbocycles. The molecule has 0 radical (unpaired) electrons. The summed E-state index contributed by atoms with van der Waals surface area (Å²) in [6.07, 6.45) is 1.55. The average molecular weight is 475 g/mol. The van der Waals surface area contributed by atoms with Crippen molar-refractivity contribution in [3.63, 3.8) is 0 Å². The van der Waals surface area contributed by atoms with Crippen LogP contribution in [0.15, 0.2) is 47.4 Å². The van der Waals surface area contributed by atoms with E-state index < -0.39 is 30.7 Å². The Morgan fingerprint density at radius 1 is 1.12 bits per heavy atom. The first-order valence-electron chi connectivity index (χ1n) is 10.6. The Morgan fingerprint density at radius 2 is 1.82 bits per heavy atom. The highest BCUT2D eigenvalue weighted by Crippen LogP contribution is 2.28. The van der Waals surface area contributed by atoms with Crippen LogP contribution < -0.4 is 15.5 Å². The first-order valence-corrected chi connectivity index (χ1v) is 10.9. The summed E-state index contributed by atoms with van der Waals surface area (Å²) in [5.41, 5.74) is 1.53. The fraction of sp³-hybridized carbons (Fsp3) is 0.333. The number of nitrogens with one attached hydrogen (secondary N) is 1. The number of carbonyl (C=O) groups is 1. The van der Waals surface area contributed by atoms with Crippen molar-refractivity contribution in [2.45, 2.75) is 25.5 Å². The maximum Gasteiger partial charge on any atom is 0.257 e. The lowest BCUT2D eigenvalue weighted by molar-refractivity contribution is 0.0637. The molecule has 0 saturated heterocycles. The van der Waals surface area contributed by atoms with Gasteiger partial charge < -0.3 is 29.9 Å². The normalized spacial score (nSPS) is 11.2. The summed E-state index contributed by atoms with van der Waals surface area (Å²) in [4.78, 5) is 26.1. The van der Waals surface area contributed by atoms with Gasteiger partial charge in [-0.3, -0.25) is 9.59 Å². The van der Waals surface area contributed by atoms with Crippen LogP contribution in [0.3, 0.4) is 0 Å². The Bertz CT molecular complexity index is 1170. The standard InChI is InChI=1S/C24H27ClN2O6/c1-27-12-20(24(32)26-11-15-4-6-17(25)7-5-15)23(31)19-9-16(3-2-8-28)10-21(22(19)27)33-18(13-29)14-30/h4-7,9-10,12,18,28-30H,2-3,8,11,13-14H2,1H3,(H,26,32). The van der Waals surface area contributed by atoms with Crippen molar-refractivity contribution in [1.29, 1.82) is 0 Å². The molecule has 1 aromatic heterocycles. The van der Waals surface area contributed by atoms with Gasteiger partial charge in [0.15, 0.2) is 0 Å². The number of carbonyl (C=O) groups excluding carboxylic acids is 1. The summed E-state index contributed by atoms with van der Waals surface area (Å²) in [5, 5.41) is 31.7. The van der Waals surface area contributed by atoms with Gasteiger partial charge in [0.05, 0.1) is 24.1 Å². The molecule has 3 aromatic rings. The molecule has 0 bridgehead atoms. The monoisotopic (exact) mass is 474 g/mol. The number of rotatable bonds is 10. The predicted octanol–water partition coefficient (Wildman–Crippen LogP) is 1.78. The third-order valence-electron chi connectivity index (χ3n) is 5.23. The molecule has 1 amide bonds. The Labute approximate surface area is 196 Å². The Hall–Kier alpha value is -2.91. The number of aromatic nitrogens is 1. The van der Waals surface area contributed by atoms with Crippen LogP contribution in [0.1, 0.15) is 27.9 Å². The van der Waals surface area contributed by atoms with Crippen molar-refractivity contribution >= 4 is 28.4 Å². The third kappa shape index (κ3) is 5.91. The summed E-state index contributed by atoms with van der Waals surface area (Å²) >= 11 is 5.89. The zero-order valence-electron chi connectivity index (χ0n) is 18.3. The predicted molar refractivity (Wildman–Crippen MR) is 126 cm³/mol. The largest absolute Gasteiger partial charge is 0.483 e. The Kier molecular flexibility index (Phi) is 8.46. The molecule has 3 rings (SSSR count). The molecule has 0 atom stereocenters. The highest BCUT2D eigenvalue weighted by atomic mass is 35.5. The van der Waals surface area contributed by atoms with Crippen LogP contribution in [0.4, 0.5) is 0 Å². The highest BCUT2D eigenvalue weighted by Gasteiger charge is 2.19. The van der Waals surface area contributed by atoms with E-state index in [-0.39, 0.29) is 24.1 Å². The van der Waals surface area contributed by atoms with Gasteiger partial charge in [-0.05, 0) is 48.2 Å². The lowest BCUT2D eigenvalue weighted by Crippen LogP contribution is -2.30. The maximum atomic E-state index is 13.3. The molecule has 1 heterocycles. The second kappa shape index (κ2) is 11.3. The van der Waals surface area contributed by atoms with E-state index in [4.69, 9.17) is 16.3 Å². The molecule has 8 nitrogen and oxygen atoms in total. The van der Waals surface area contributed by atoms with Gasteiger partial charge in [0.2, 0.25) is 5.43 Å². The second-order valence-electron chi connectivity index (χ2n) is 7.71. The molecule has 2 aromatic carbocycles. The van der Waals surface area contributed by atoms with Gasteiger partial charge in [0, 0.05) is 31.4 Å². The van der Waals surface area contributed by atoms with E-state index in [2.05, 4.69) is 5.32 Å². The molecule has 0 aliphatic carbocycles. The smallest absolute Gasteiger partial charge is 0.257 e. The summed E-state index contributed by atoms with van der Waals surface area (Å²) in [6.45, 7) is -0.595. The van der Waals surface area contributed by atoms with Crippen molar-refractivity contribution in [3.8, 4) is 5.75 Å². The van der Waals surface area contributed by atoms with Crippen molar-refractivity contribution in [3.05, 3.63) is 74.5 Å². The second-order valence-corrected chi connectivity index (χ2v) is 8.15. The number of pyridine rings is 1. The number of aliphatic hydroxyl groups excluding tert-OH is 3. The number of hydrogen-bond donors (Lipinski definition) is 4. The van der Waals surface area contributed by atoms with Crippen LogP contribution in [0.2, 0.25) is 5.02 Å². The van der Waals surface area contributed by atoms with Crippen LogP contribution in [-0.4, -0.2) is 51.7 Å². The van der Waals surface area contributed by atoms with Gasteiger partial charge in [0.1, 0.15) is 17.4 Å². The minimum atomic E-state index is -0.862. The number of benzene rings is 2. The van der Waals surface area contributed by atoms with E-state index in [1.807, 2.05) is 0 Å². The summed E-state index contributed by atoms with van der Waals surface area (Å²) in [6, 6.07) is 10.4. The number of ether oxygens (including phenoxy) is 1. The maximum absolute atomic E-state index is 13.3. The molecule has 0 fully saturated rings. The number of halogens is 1. The minimum absolute atomic E-state index is 0.0186. The van der Waals surface area contributed by atoms with Gasteiger partial charge in [-0.15, -0.1) is 0 Å². The third-order valence-corrected chi connectivity index (χ3v) is 5.49. The van der Waals surface area contributed by atoms with Crippen molar-refractivity contribution in [2.24, 2.45) is 7.05 Å². The molecule has 33 heavy (non-hydrogen) atoms. The van der Waals surface area contributed by atoms with Gasteiger partial charge >= 0.3 is 0 Å². The first kappa shape index (κ1) is 24.7. The SMILES string of the molecule is Cn1cc(C(=O)NCc2ccc(Cl)cc2)c(=O)c2cc(CCCO)cc(OC(CO)CO)c21. The number of nitrogens with zero attached hydrogens (tertiary/aromatic N) is 1. The Morgan fingerprint density at radius 3 is 2.45 bits per heavy atom. The van der Waals surface area contributed by atoms with Crippen LogP contribution in [0, 0.1) is 0 Å².